The number of nitrogens with zero attached hydrogens (tertiary/aromatic N) is 3. The van der Waals surface area contributed by atoms with Crippen molar-refractivity contribution < 1.29 is 0 Å². The normalized spacial score (nSPS) is 12.6. The second-order valence-corrected chi connectivity index (χ2v) is 4.86. The predicted molar refractivity (Wildman–Crippen MR) is 77.0 cm³/mol. The van der Waals surface area contributed by atoms with Crippen LogP contribution in [0.2, 0.25) is 0 Å². The molecule has 0 bridgehead atoms. The van der Waals surface area contributed by atoms with Gasteiger partial charge in [0.25, 0.3) is 0 Å². The summed E-state index contributed by atoms with van der Waals surface area (Å²) >= 11 is 0. The van der Waals surface area contributed by atoms with Crippen molar-refractivity contribution in [3.05, 3.63) is 47.5 Å². The Bertz CT molecular complexity index is 518. The Morgan fingerprint density at radius 2 is 2.21 bits per heavy atom. The van der Waals surface area contributed by atoms with Gasteiger partial charge in [-0.1, -0.05) is 36.8 Å². The van der Waals surface area contributed by atoms with E-state index in [9.17, 15) is 0 Å². The van der Waals surface area contributed by atoms with Crippen LogP contribution >= 0.6 is 0 Å². The fourth-order valence-electron chi connectivity index (χ4n) is 2.30. The lowest BCUT2D eigenvalue weighted by molar-refractivity contribution is 0.517. The molecule has 0 amide bonds. The molecule has 19 heavy (non-hydrogen) atoms. The van der Waals surface area contributed by atoms with E-state index in [1.807, 2.05) is 11.7 Å². The van der Waals surface area contributed by atoms with E-state index in [-0.39, 0.29) is 6.04 Å². The summed E-state index contributed by atoms with van der Waals surface area (Å²) in [7, 11) is 1.99. The van der Waals surface area contributed by atoms with Crippen molar-refractivity contribution >= 4 is 0 Å². The highest BCUT2D eigenvalue weighted by Gasteiger charge is 2.14. The highest BCUT2D eigenvalue weighted by molar-refractivity contribution is 5.25. The zero-order valence-electron chi connectivity index (χ0n) is 11.9. The zero-order chi connectivity index (χ0) is 13.7. The van der Waals surface area contributed by atoms with Gasteiger partial charge in [0, 0.05) is 19.0 Å². The van der Waals surface area contributed by atoms with Crippen LogP contribution in [0.3, 0.4) is 0 Å². The van der Waals surface area contributed by atoms with Crippen LogP contribution in [0.4, 0.5) is 0 Å². The number of rotatable bonds is 6. The minimum absolute atomic E-state index is 0.278. The van der Waals surface area contributed by atoms with Crippen LogP contribution in [0.5, 0.6) is 0 Å². The van der Waals surface area contributed by atoms with E-state index in [1.54, 1.807) is 6.33 Å². The summed E-state index contributed by atoms with van der Waals surface area (Å²) in [6.45, 7) is 5.21. The van der Waals surface area contributed by atoms with Crippen molar-refractivity contribution in [2.45, 2.75) is 39.3 Å². The molecule has 0 aliphatic heterocycles. The Morgan fingerprint density at radius 3 is 2.89 bits per heavy atom. The highest BCUT2D eigenvalue weighted by atomic mass is 15.3. The molecule has 0 saturated carbocycles. The van der Waals surface area contributed by atoms with Gasteiger partial charge in [0.2, 0.25) is 0 Å². The maximum absolute atomic E-state index is 4.38. The van der Waals surface area contributed by atoms with Crippen molar-refractivity contribution in [1.29, 1.82) is 0 Å². The van der Waals surface area contributed by atoms with E-state index in [4.69, 9.17) is 0 Å². The summed E-state index contributed by atoms with van der Waals surface area (Å²) < 4.78 is 2.00. The molecule has 102 valence electrons. The number of nitrogens with one attached hydrogen (secondary N) is 1. The van der Waals surface area contributed by atoms with Crippen LogP contribution in [0.25, 0.3) is 0 Å². The topological polar surface area (TPSA) is 42.7 Å². The van der Waals surface area contributed by atoms with Crippen molar-refractivity contribution in [2.75, 3.05) is 7.05 Å². The molecule has 1 unspecified atom stereocenters. The van der Waals surface area contributed by atoms with E-state index in [1.165, 1.54) is 11.1 Å². The molecule has 2 aromatic rings. The Balaban J connectivity index is 2.17. The molecule has 0 aliphatic carbocycles. The molecule has 0 spiro atoms. The monoisotopic (exact) mass is 258 g/mol. The highest BCUT2D eigenvalue weighted by Crippen LogP contribution is 2.18. The molecule has 4 heteroatoms. The summed E-state index contributed by atoms with van der Waals surface area (Å²) in [6, 6.07) is 8.89. The van der Waals surface area contributed by atoms with Gasteiger partial charge in [-0.15, -0.1) is 0 Å². The van der Waals surface area contributed by atoms with Crippen molar-refractivity contribution in [1.82, 2.24) is 20.1 Å². The van der Waals surface area contributed by atoms with Gasteiger partial charge < -0.3 is 5.32 Å². The summed E-state index contributed by atoms with van der Waals surface area (Å²) in [5.41, 5.74) is 2.58. The molecule has 1 atom stereocenters. The quantitative estimate of drug-likeness (QED) is 0.865. The average Bonchev–Trinajstić information content (AvgIpc) is 2.84. The fourth-order valence-corrected chi connectivity index (χ4v) is 2.30. The van der Waals surface area contributed by atoms with Gasteiger partial charge in [-0.25, -0.2) is 4.98 Å². The van der Waals surface area contributed by atoms with Gasteiger partial charge in [0.05, 0.1) is 0 Å². The fraction of sp³-hybridized carbons (Fsp3) is 0.467. The maximum atomic E-state index is 4.38. The van der Waals surface area contributed by atoms with E-state index in [0.29, 0.717) is 0 Å². The van der Waals surface area contributed by atoms with E-state index < -0.39 is 0 Å². The number of aryl methyl sites for hydroxylation is 2. The standard InChI is InChI=1S/C15H22N4/c1-4-8-19-15(17-11-18-19)10-14(16-3)13-7-5-6-12(2)9-13/h5-7,9,11,14,16H,4,8,10H2,1-3H3. The molecule has 1 heterocycles. The summed E-state index contributed by atoms with van der Waals surface area (Å²) in [5.74, 6) is 1.04. The molecular weight excluding hydrogens is 236 g/mol. The van der Waals surface area contributed by atoms with Crippen molar-refractivity contribution in [3.63, 3.8) is 0 Å². The van der Waals surface area contributed by atoms with E-state index >= 15 is 0 Å². The lowest BCUT2D eigenvalue weighted by Gasteiger charge is -2.17. The predicted octanol–water partition coefficient (Wildman–Crippen LogP) is 2.50. The molecular formula is C15H22N4. The first-order valence-corrected chi connectivity index (χ1v) is 6.85. The molecule has 1 N–H and O–H groups in total. The number of hydrogen-bond acceptors (Lipinski definition) is 3. The third-order valence-electron chi connectivity index (χ3n) is 3.31. The van der Waals surface area contributed by atoms with E-state index in [2.05, 4.69) is 53.5 Å². The van der Waals surface area contributed by atoms with Crippen LogP contribution in [0.15, 0.2) is 30.6 Å². The smallest absolute Gasteiger partial charge is 0.138 e. The molecule has 2 rings (SSSR count). The Kier molecular flexibility index (Phi) is 4.68. The average molecular weight is 258 g/mol. The van der Waals surface area contributed by atoms with Crippen LogP contribution in [-0.4, -0.2) is 21.8 Å². The van der Waals surface area contributed by atoms with Gasteiger partial charge in [-0.05, 0) is 26.0 Å². The van der Waals surface area contributed by atoms with Crippen LogP contribution < -0.4 is 5.32 Å². The number of likely N-dealkylation sites (N-methyl/N-ethyl adjacent to an activating group) is 1. The van der Waals surface area contributed by atoms with Gasteiger partial charge in [0.1, 0.15) is 12.2 Å². The Hall–Kier alpha value is -1.68. The van der Waals surface area contributed by atoms with Crippen LogP contribution in [0, 0.1) is 6.92 Å². The maximum Gasteiger partial charge on any atom is 0.138 e. The minimum Gasteiger partial charge on any atom is -0.313 e. The molecule has 0 radical (unpaired) electrons. The second kappa shape index (κ2) is 6.48. The second-order valence-electron chi connectivity index (χ2n) is 4.86. The molecule has 0 aliphatic rings. The largest absolute Gasteiger partial charge is 0.313 e. The molecule has 0 saturated heterocycles. The number of aromatic nitrogens is 3. The van der Waals surface area contributed by atoms with Gasteiger partial charge >= 0.3 is 0 Å². The van der Waals surface area contributed by atoms with Crippen molar-refractivity contribution in [3.8, 4) is 0 Å². The third-order valence-corrected chi connectivity index (χ3v) is 3.31. The molecule has 1 aromatic carbocycles. The summed E-state index contributed by atoms with van der Waals surface area (Å²) in [6.07, 6.45) is 3.58. The number of benzene rings is 1. The summed E-state index contributed by atoms with van der Waals surface area (Å²) in [5, 5.41) is 7.65. The first-order chi connectivity index (χ1) is 9.24. The first kappa shape index (κ1) is 13.7. The first-order valence-electron chi connectivity index (χ1n) is 6.85. The lowest BCUT2D eigenvalue weighted by atomic mass is 10.0. The molecule has 1 aromatic heterocycles. The Morgan fingerprint density at radius 1 is 1.37 bits per heavy atom. The SMILES string of the molecule is CCCn1ncnc1CC(NC)c1cccc(C)c1. The minimum atomic E-state index is 0.278. The van der Waals surface area contributed by atoms with Gasteiger partial charge in [-0.3, -0.25) is 4.68 Å². The van der Waals surface area contributed by atoms with Crippen LogP contribution in [0.1, 0.15) is 36.3 Å². The van der Waals surface area contributed by atoms with Gasteiger partial charge in [-0.2, -0.15) is 5.10 Å². The van der Waals surface area contributed by atoms with Crippen molar-refractivity contribution in [2.24, 2.45) is 0 Å². The zero-order valence-corrected chi connectivity index (χ0v) is 11.9. The lowest BCUT2D eigenvalue weighted by Crippen LogP contribution is -2.21. The summed E-state index contributed by atoms with van der Waals surface area (Å²) in [4.78, 5) is 4.38. The third kappa shape index (κ3) is 3.41. The number of hydrogen-bond donors (Lipinski definition) is 1. The van der Waals surface area contributed by atoms with Gasteiger partial charge in [0.15, 0.2) is 0 Å². The van der Waals surface area contributed by atoms with Crippen LogP contribution in [-0.2, 0) is 13.0 Å². The molecule has 4 nitrogen and oxygen atoms in total. The molecule has 0 fully saturated rings. The Labute approximate surface area is 114 Å². The van der Waals surface area contributed by atoms with E-state index in [0.717, 1.165) is 25.2 Å².